The van der Waals surface area contributed by atoms with Crippen LogP contribution in [0.4, 0.5) is 0 Å². The molecule has 66 heavy (non-hydrogen) atoms. The standard InChI is InChI=1S/C54H44B12/c55-43-39(44(56)51(63)54(66)50(43)62)33-20-27(28-15-11-25-9-7-21-3-1-5-23-13-17-30(28)36(25)34(21)23)19-32(29-16-12-26-10-8-22-4-2-6-24-14-18-31(29)37(26)35(22)24)38(33)40-41-42(47(59)49(61)45(40)57)48(60)53(65)52(64)46(41)58/h1-20H,55-66H2. The molecule has 12 rings (SSSR count). The first-order valence-corrected chi connectivity index (χ1v) is 23.9. The molecule has 0 saturated heterocycles. The predicted octanol–water partition coefficient (Wildman–Crippen LogP) is -5.60. The summed E-state index contributed by atoms with van der Waals surface area (Å²) in [4.78, 5) is 0. The number of fused-ring (bicyclic) bond motifs is 1. The highest BCUT2D eigenvalue weighted by molar-refractivity contribution is 6.72. The summed E-state index contributed by atoms with van der Waals surface area (Å²) in [6.45, 7) is 0. The van der Waals surface area contributed by atoms with E-state index in [1.807, 2.05) is 0 Å². The zero-order chi connectivity index (χ0) is 45.8. The van der Waals surface area contributed by atoms with Crippen LogP contribution < -0.4 is 65.6 Å². The van der Waals surface area contributed by atoms with Gasteiger partial charge in [0.15, 0.2) is 0 Å². The van der Waals surface area contributed by atoms with Crippen LogP contribution in [0.5, 0.6) is 0 Å². The van der Waals surface area contributed by atoms with Crippen LogP contribution >= 0.6 is 0 Å². The van der Waals surface area contributed by atoms with E-state index in [-0.39, 0.29) is 0 Å². The van der Waals surface area contributed by atoms with Crippen molar-refractivity contribution in [2.45, 2.75) is 0 Å². The van der Waals surface area contributed by atoms with Crippen molar-refractivity contribution in [2.75, 3.05) is 0 Å². The normalized spacial score (nSPS) is 12.1. The molecule has 0 atom stereocenters. The van der Waals surface area contributed by atoms with E-state index < -0.39 is 0 Å². The first kappa shape index (κ1) is 41.2. The zero-order valence-corrected chi connectivity index (χ0v) is 40.5. The first-order valence-electron chi connectivity index (χ1n) is 23.9. The Morgan fingerprint density at radius 2 is 0.561 bits per heavy atom. The summed E-state index contributed by atoms with van der Waals surface area (Å²) in [5.41, 5.74) is 26.9. The molecule has 0 amide bonds. The molecule has 0 aromatic heterocycles. The Morgan fingerprint density at radius 3 is 1.08 bits per heavy atom. The van der Waals surface area contributed by atoms with Crippen LogP contribution in [0.1, 0.15) is 0 Å². The predicted molar refractivity (Wildman–Crippen MR) is 331 cm³/mol. The lowest BCUT2D eigenvalue weighted by Crippen LogP contribution is -2.55. The Labute approximate surface area is 398 Å². The highest BCUT2D eigenvalue weighted by atomic mass is 14.3. The summed E-state index contributed by atoms with van der Waals surface area (Å²) in [5, 5.41) is 18.5. The van der Waals surface area contributed by atoms with Gasteiger partial charge in [0.2, 0.25) is 0 Å². The molecule has 0 aliphatic heterocycles. The minimum Gasteiger partial charge on any atom is -0.102 e. The third-order valence-corrected chi connectivity index (χ3v) is 17.1. The number of benzene rings is 12. The zero-order valence-electron chi connectivity index (χ0n) is 40.5. The van der Waals surface area contributed by atoms with Crippen LogP contribution in [0.2, 0.25) is 0 Å². The molecule has 296 valence electrons. The first-order chi connectivity index (χ1) is 31.8. The Bertz CT molecular complexity index is 4070. The van der Waals surface area contributed by atoms with Gasteiger partial charge in [-0.25, -0.2) is 0 Å². The fourth-order valence-corrected chi connectivity index (χ4v) is 12.6. The van der Waals surface area contributed by atoms with Crippen LogP contribution in [-0.2, 0) is 0 Å². The van der Waals surface area contributed by atoms with Gasteiger partial charge in [0.05, 0.1) is 0 Å². The van der Waals surface area contributed by atoms with Gasteiger partial charge in [0.25, 0.3) is 0 Å². The van der Waals surface area contributed by atoms with Crippen molar-refractivity contribution in [2.24, 2.45) is 0 Å². The maximum atomic E-state index is 2.59. The fourth-order valence-electron chi connectivity index (χ4n) is 12.6. The van der Waals surface area contributed by atoms with Gasteiger partial charge in [-0.1, -0.05) is 142 Å². The topological polar surface area (TPSA) is 0 Å². The molecule has 0 heterocycles. The fraction of sp³-hybridized carbons (Fsp3) is 0. The monoisotopic (exact) mass is 824 g/mol. The van der Waals surface area contributed by atoms with Crippen molar-refractivity contribution in [3.8, 4) is 44.5 Å². The summed E-state index contributed by atoms with van der Waals surface area (Å²) in [5.74, 6) is 0. The summed E-state index contributed by atoms with van der Waals surface area (Å²) in [6, 6.07) is 47.0. The van der Waals surface area contributed by atoms with E-state index in [2.05, 4.69) is 215 Å². The van der Waals surface area contributed by atoms with Crippen molar-refractivity contribution in [3.63, 3.8) is 0 Å². The lowest BCUT2D eigenvalue weighted by Gasteiger charge is -2.30. The van der Waals surface area contributed by atoms with Crippen LogP contribution in [0.3, 0.4) is 0 Å². The second kappa shape index (κ2) is 14.6. The highest BCUT2D eigenvalue weighted by Gasteiger charge is 2.28. The van der Waals surface area contributed by atoms with E-state index in [4.69, 9.17) is 0 Å². The van der Waals surface area contributed by atoms with Gasteiger partial charge < -0.3 is 0 Å². The third kappa shape index (κ3) is 5.51. The summed E-state index contributed by atoms with van der Waals surface area (Å²) in [7, 11) is 28.3. The molecule has 0 unspecified atom stereocenters. The van der Waals surface area contributed by atoms with Crippen LogP contribution in [0.15, 0.2) is 121 Å². The van der Waals surface area contributed by atoms with Gasteiger partial charge in [0, 0.05) is 0 Å². The molecule has 12 heteroatoms. The smallest absolute Gasteiger partial charge is 0.102 e. The molecule has 0 nitrogen and oxygen atoms in total. The molecule has 12 aromatic rings. The molecule has 0 fully saturated rings. The lowest BCUT2D eigenvalue weighted by atomic mass is 9.57. The molecule has 12 aromatic carbocycles. The number of hydrogen-bond donors (Lipinski definition) is 0. The summed E-state index contributed by atoms with van der Waals surface area (Å²) < 4.78 is 0. The van der Waals surface area contributed by atoms with Crippen LogP contribution in [0, 0.1) is 0 Å². The van der Waals surface area contributed by atoms with E-state index in [0.29, 0.717) is 0 Å². The maximum absolute atomic E-state index is 2.59. The average molecular weight is 823 g/mol. The Hall–Kier alpha value is -6.24. The second-order valence-electron chi connectivity index (χ2n) is 19.9. The highest BCUT2D eigenvalue weighted by Crippen LogP contribution is 2.48. The second-order valence-corrected chi connectivity index (χ2v) is 19.9. The third-order valence-electron chi connectivity index (χ3n) is 17.1. The van der Waals surface area contributed by atoms with Crippen molar-refractivity contribution in [3.05, 3.63) is 121 Å². The molecule has 0 bridgehead atoms. The van der Waals surface area contributed by atoms with Gasteiger partial charge in [0.1, 0.15) is 94.2 Å². The van der Waals surface area contributed by atoms with E-state index >= 15 is 0 Å². The minimum absolute atomic E-state index is 1.24. The lowest BCUT2D eigenvalue weighted by molar-refractivity contribution is 1.62. The number of hydrogen-bond acceptors (Lipinski definition) is 0. The Kier molecular flexibility index (Phi) is 9.13. The molecular weight excluding hydrogens is 778 g/mol. The maximum Gasteiger partial charge on any atom is 0.139 e. The van der Waals surface area contributed by atoms with Crippen molar-refractivity contribution in [1.29, 1.82) is 0 Å². The summed E-state index contributed by atoms with van der Waals surface area (Å²) >= 11 is 0. The molecule has 0 radical (unpaired) electrons. The quantitative estimate of drug-likeness (QED) is 0.123. The van der Waals surface area contributed by atoms with Crippen molar-refractivity contribution in [1.82, 2.24) is 0 Å². The molecule has 0 saturated carbocycles. The van der Waals surface area contributed by atoms with E-state index in [1.165, 1.54) is 185 Å². The molecule has 0 spiro atoms. The van der Waals surface area contributed by atoms with Crippen molar-refractivity contribution >= 4 is 235 Å². The average Bonchev–Trinajstić information content (AvgIpc) is 3.34. The van der Waals surface area contributed by atoms with Gasteiger partial charge >= 0.3 is 0 Å². The van der Waals surface area contributed by atoms with E-state index in [9.17, 15) is 0 Å². The molecule has 0 N–H and O–H groups in total. The van der Waals surface area contributed by atoms with E-state index in [1.54, 1.807) is 0 Å². The molecular formula is C54H44B12. The Balaban J connectivity index is 1.35. The van der Waals surface area contributed by atoms with Crippen LogP contribution in [-0.4, -0.2) is 94.2 Å². The molecule has 0 aliphatic rings. The Morgan fingerprint density at radius 1 is 0.212 bits per heavy atom. The van der Waals surface area contributed by atoms with E-state index in [0.717, 1.165) is 0 Å². The largest absolute Gasteiger partial charge is 0.139 e. The summed E-state index contributed by atoms with van der Waals surface area (Å²) in [6.07, 6.45) is 0. The van der Waals surface area contributed by atoms with Gasteiger partial charge in [-0.15, -0.1) is 32.8 Å². The van der Waals surface area contributed by atoms with Crippen LogP contribution in [0.25, 0.3) is 120 Å². The SMILES string of the molecule is Bc1c(B)c(B)c(-c2cc(-c3ccc4ccc5cccc6ccc3c4c56)cc(-c3ccc4ccc5cccc6ccc3c4c56)c2-c2c(B)c(B)c(B)c3c(B)c(B)c(B)c(B)c23)c(B)c1B. The van der Waals surface area contributed by atoms with Gasteiger partial charge in [-0.2, -0.15) is 0 Å². The number of rotatable bonds is 4. The van der Waals surface area contributed by atoms with Crippen molar-refractivity contribution < 1.29 is 0 Å². The van der Waals surface area contributed by atoms with Gasteiger partial charge in [-0.3, -0.25) is 0 Å². The van der Waals surface area contributed by atoms with Gasteiger partial charge in [-0.05, 0) is 132 Å². The minimum atomic E-state index is 1.24. The molecule has 0 aliphatic carbocycles.